The fourth-order valence-corrected chi connectivity index (χ4v) is 1.18. The van der Waals surface area contributed by atoms with Gasteiger partial charge in [0.15, 0.2) is 0 Å². The maximum atomic E-state index is 12.7. The quantitative estimate of drug-likeness (QED) is 0.686. The van der Waals surface area contributed by atoms with E-state index in [2.05, 4.69) is 5.32 Å². The molecule has 1 aromatic rings. The van der Waals surface area contributed by atoms with Crippen LogP contribution < -0.4 is 11.1 Å². The number of hydrogen-bond acceptors (Lipinski definition) is 2. The summed E-state index contributed by atoms with van der Waals surface area (Å²) in [5, 5.41) is 3.16. The van der Waals surface area contributed by atoms with Crippen molar-refractivity contribution in [3.63, 3.8) is 0 Å². The van der Waals surface area contributed by atoms with E-state index in [1.165, 1.54) is 6.07 Å². The summed E-state index contributed by atoms with van der Waals surface area (Å²) >= 11 is 0. The maximum Gasteiger partial charge on any atom is 0.123 e. The molecule has 1 aromatic carbocycles. The Balaban J connectivity index is 2.56. The van der Waals surface area contributed by atoms with E-state index in [0.717, 1.165) is 24.2 Å². The van der Waals surface area contributed by atoms with Crippen LogP contribution in [-0.4, -0.2) is 13.1 Å². The van der Waals surface area contributed by atoms with Crippen molar-refractivity contribution in [1.29, 1.82) is 0 Å². The lowest BCUT2D eigenvalue weighted by molar-refractivity contribution is 0.623. The van der Waals surface area contributed by atoms with Crippen LogP contribution in [0.3, 0.4) is 0 Å². The van der Waals surface area contributed by atoms with E-state index in [1.54, 1.807) is 12.1 Å². The largest absolute Gasteiger partial charge is 0.329 e. The molecule has 0 aromatic heterocycles. The fraction of sp³-hybridized carbons (Fsp3) is 0.400. The Hall–Kier alpha value is -0.930. The van der Waals surface area contributed by atoms with Crippen LogP contribution in [0.4, 0.5) is 4.39 Å². The van der Waals surface area contributed by atoms with E-state index in [-0.39, 0.29) is 5.82 Å². The van der Waals surface area contributed by atoms with Crippen molar-refractivity contribution in [3.05, 3.63) is 35.1 Å². The molecule has 1 rings (SSSR count). The van der Waals surface area contributed by atoms with Gasteiger partial charge in [0.25, 0.3) is 0 Å². The predicted octanol–water partition coefficient (Wildman–Crippen LogP) is 1.18. The van der Waals surface area contributed by atoms with Gasteiger partial charge in [0.05, 0.1) is 0 Å². The van der Waals surface area contributed by atoms with Gasteiger partial charge < -0.3 is 11.1 Å². The second-order valence-electron chi connectivity index (χ2n) is 3.04. The molecule has 3 N–H and O–H groups in total. The molecule has 0 heterocycles. The first-order valence-corrected chi connectivity index (χ1v) is 4.40. The van der Waals surface area contributed by atoms with Crippen molar-refractivity contribution in [2.75, 3.05) is 13.1 Å². The van der Waals surface area contributed by atoms with Gasteiger partial charge in [-0.1, -0.05) is 6.07 Å². The summed E-state index contributed by atoms with van der Waals surface area (Å²) in [6, 6.07) is 4.82. The SMILES string of the molecule is Cc1cc(F)ccc1CNCCN. The monoisotopic (exact) mass is 182 g/mol. The first-order valence-electron chi connectivity index (χ1n) is 4.40. The lowest BCUT2D eigenvalue weighted by Gasteiger charge is -2.06. The first-order chi connectivity index (χ1) is 6.24. The van der Waals surface area contributed by atoms with E-state index < -0.39 is 0 Å². The highest BCUT2D eigenvalue weighted by atomic mass is 19.1. The van der Waals surface area contributed by atoms with Crippen LogP contribution in [0.25, 0.3) is 0 Å². The molecule has 3 heteroatoms. The van der Waals surface area contributed by atoms with Crippen LogP contribution in [-0.2, 0) is 6.54 Å². The number of nitrogens with one attached hydrogen (secondary N) is 1. The van der Waals surface area contributed by atoms with Crippen LogP contribution in [0.1, 0.15) is 11.1 Å². The molecule has 0 atom stereocenters. The Morgan fingerprint density at radius 3 is 2.85 bits per heavy atom. The van der Waals surface area contributed by atoms with E-state index in [0.29, 0.717) is 6.54 Å². The van der Waals surface area contributed by atoms with E-state index >= 15 is 0 Å². The molecule has 0 radical (unpaired) electrons. The van der Waals surface area contributed by atoms with Crippen LogP contribution in [0.15, 0.2) is 18.2 Å². The molecule has 0 amide bonds. The molecule has 0 saturated carbocycles. The maximum absolute atomic E-state index is 12.7. The van der Waals surface area contributed by atoms with Crippen molar-refractivity contribution in [2.45, 2.75) is 13.5 Å². The predicted molar refractivity (Wildman–Crippen MR) is 51.9 cm³/mol. The van der Waals surface area contributed by atoms with Crippen molar-refractivity contribution in [3.8, 4) is 0 Å². The van der Waals surface area contributed by atoms with Gasteiger partial charge in [0, 0.05) is 19.6 Å². The number of rotatable bonds is 4. The lowest BCUT2D eigenvalue weighted by Crippen LogP contribution is -2.22. The zero-order valence-electron chi connectivity index (χ0n) is 7.81. The van der Waals surface area contributed by atoms with E-state index in [1.807, 2.05) is 6.92 Å². The zero-order chi connectivity index (χ0) is 9.68. The van der Waals surface area contributed by atoms with Crippen molar-refractivity contribution in [1.82, 2.24) is 5.32 Å². The molecule has 0 unspecified atom stereocenters. The molecule has 2 nitrogen and oxygen atoms in total. The smallest absolute Gasteiger partial charge is 0.123 e. The second kappa shape index (κ2) is 4.94. The first kappa shape index (κ1) is 10.2. The molecule has 0 aliphatic heterocycles. The minimum absolute atomic E-state index is 0.180. The number of benzene rings is 1. The summed E-state index contributed by atoms with van der Waals surface area (Å²) in [5.74, 6) is -0.180. The number of aryl methyl sites for hydroxylation is 1. The normalized spacial score (nSPS) is 10.4. The average Bonchev–Trinajstić information content (AvgIpc) is 2.09. The molecule has 0 aliphatic carbocycles. The zero-order valence-corrected chi connectivity index (χ0v) is 7.81. The summed E-state index contributed by atoms with van der Waals surface area (Å²) in [6.07, 6.45) is 0. The average molecular weight is 182 g/mol. The topological polar surface area (TPSA) is 38.0 Å². The van der Waals surface area contributed by atoms with Gasteiger partial charge in [-0.2, -0.15) is 0 Å². The fourth-order valence-electron chi connectivity index (χ4n) is 1.18. The van der Waals surface area contributed by atoms with Gasteiger partial charge >= 0.3 is 0 Å². The van der Waals surface area contributed by atoms with E-state index in [4.69, 9.17) is 5.73 Å². The van der Waals surface area contributed by atoms with E-state index in [9.17, 15) is 4.39 Å². The Morgan fingerprint density at radius 1 is 1.46 bits per heavy atom. The van der Waals surface area contributed by atoms with Crippen LogP contribution in [0.5, 0.6) is 0 Å². The molecular weight excluding hydrogens is 167 g/mol. The van der Waals surface area contributed by atoms with Gasteiger partial charge in [-0.3, -0.25) is 0 Å². The summed E-state index contributed by atoms with van der Waals surface area (Å²) in [7, 11) is 0. The third kappa shape index (κ3) is 3.13. The second-order valence-corrected chi connectivity index (χ2v) is 3.04. The third-order valence-electron chi connectivity index (χ3n) is 1.94. The highest BCUT2D eigenvalue weighted by Crippen LogP contribution is 2.09. The lowest BCUT2D eigenvalue weighted by atomic mass is 10.1. The molecule has 0 fully saturated rings. The van der Waals surface area contributed by atoms with Crippen molar-refractivity contribution in [2.24, 2.45) is 5.73 Å². The van der Waals surface area contributed by atoms with Gasteiger partial charge in [-0.15, -0.1) is 0 Å². The summed E-state index contributed by atoms with van der Waals surface area (Å²) in [6.45, 7) is 4.07. The highest BCUT2D eigenvalue weighted by Gasteiger charge is 1.98. The van der Waals surface area contributed by atoms with Gasteiger partial charge in [-0.25, -0.2) is 4.39 Å². The standard InChI is InChI=1S/C10H15FN2/c1-8-6-10(11)3-2-9(8)7-13-5-4-12/h2-3,6,13H,4-5,7,12H2,1H3. The minimum Gasteiger partial charge on any atom is -0.329 e. The summed E-state index contributed by atoms with van der Waals surface area (Å²) < 4.78 is 12.7. The molecule has 0 spiro atoms. The van der Waals surface area contributed by atoms with Crippen LogP contribution >= 0.6 is 0 Å². The molecule has 72 valence electrons. The van der Waals surface area contributed by atoms with Crippen LogP contribution in [0, 0.1) is 12.7 Å². The summed E-state index contributed by atoms with van der Waals surface area (Å²) in [5.41, 5.74) is 7.43. The highest BCUT2D eigenvalue weighted by molar-refractivity contribution is 5.26. The molecule has 0 bridgehead atoms. The number of hydrogen-bond donors (Lipinski definition) is 2. The Labute approximate surface area is 77.9 Å². The number of halogens is 1. The van der Waals surface area contributed by atoms with Gasteiger partial charge in [0.2, 0.25) is 0 Å². The third-order valence-corrected chi connectivity index (χ3v) is 1.94. The van der Waals surface area contributed by atoms with Gasteiger partial charge in [-0.05, 0) is 30.2 Å². The number of nitrogens with two attached hydrogens (primary N) is 1. The minimum atomic E-state index is -0.180. The Bertz CT molecular complexity index is 274. The Kier molecular flexibility index (Phi) is 3.86. The van der Waals surface area contributed by atoms with Crippen molar-refractivity contribution >= 4 is 0 Å². The molecule has 13 heavy (non-hydrogen) atoms. The van der Waals surface area contributed by atoms with Gasteiger partial charge in [0.1, 0.15) is 5.82 Å². The summed E-state index contributed by atoms with van der Waals surface area (Å²) in [4.78, 5) is 0. The van der Waals surface area contributed by atoms with Crippen LogP contribution in [0.2, 0.25) is 0 Å². The molecule has 0 saturated heterocycles. The molecular formula is C10H15FN2. The molecule has 0 aliphatic rings. The van der Waals surface area contributed by atoms with Crippen molar-refractivity contribution < 1.29 is 4.39 Å². The Morgan fingerprint density at radius 2 is 2.23 bits per heavy atom.